The molecule has 0 spiro atoms. The molecule has 0 aliphatic carbocycles. The number of nitrogens with two attached hydrogens (primary N) is 1. The van der Waals surface area contributed by atoms with Gasteiger partial charge in [0, 0.05) is 0 Å². The van der Waals surface area contributed by atoms with E-state index in [-0.39, 0.29) is 23.6 Å². The van der Waals surface area contributed by atoms with Crippen LogP contribution in [0.2, 0.25) is 0 Å². The van der Waals surface area contributed by atoms with Gasteiger partial charge in [0.05, 0.1) is 11.3 Å². The molecule has 74 valence electrons. The van der Waals surface area contributed by atoms with E-state index in [1.807, 2.05) is 0 Å². The Morgan fingerprint density at radius 3 is 2.93 bits per heavy atom. The summed E-state index contributed by atoms with van der Waals surface area (Å²) in [5.41, 5.74) is 5.86. The van der Waals surface area contributed by atoms with Gasteiger partial charge >= 0.3 is 5.97 Å². The predicted molar refractivity (Wildman–Crippen MR) is 53.0 cm³/mol. The zero-order valence-electron chi connectivity index (χ0n) is 7.56. The van der Waals surface area contributed by atoms with E-state index in [0.29, 0.717) is 0 Å². The van der Waals surface area contributed by atoms with E-state index in [1.165, 1.54) is 24.3 Å². The number of hydrogen-bond donors (Lipinski definition) is 2. The Morgan fingerprint density at radius 1 is 1.64 bits per heavy atom. The van der Waals surface area contributed by atoms with Crippen LogP contribution in [0.4, 0.5) is 5.69 Å². The lowest BCUT2D eigenvalue weighted by molar-refractivity contribution is 0.0549. The van der Waals surface area contributed by atoms with Crippen LogP contribution >= 0.6 is 0 Å². The predicted octanol–water partition coefficient (Wildman–Crippen LogP) is 1.32. The molecule has 1 rings (SSSR count). The number of benzene rings is 1. The minimum Gasteiger partial charge on any atom is -0.506 e. The Balaban J connectivity index is 2.80. The molecule has 0 atom stereocenters. The van der Waals surface area contributed by atoms with E-state index in [4.69, 9.17) is 10.5 Å². The number of esters is 1. The maximum absolute atomic E-state index is 11.2. The fraction of sp³-hybridized carbons (Fsp3) is 0.100. The van der Waals surface area contributed by atoms with Gasteiger partial charge < -0.3 is 15.6 Å². The lowest BCUT2D eigenvalue weighted by Crippen LogP contribution is -2.05. The van der Waals surface area contributed by atoms with Gasteiger partial charge in [0.1, 0.15) is 12.4 Å². The fourth-order valence-corrected chi connectivity index (χ4v) is 0.889. The number of rotatable bonds is 3. The van der Waals surface area contributed by atoms with Crippen molar-refractivity contribution in [3.05, 3.63) is 36.4 Å². The van der Waals surface area contributed by atoms with Crippen LogP contribution in [0.15, 0.2) is 30.9 Å². The number of ether oxygens (including phenoxy) is 1. The molecule has 1 aromatic carbocycles. The van der Waals surface area contributed by atoms with Crippen LogP contribution in [-0.4, -0.2) is 17.7 Å². The second kappa shape index (κ2) is 4.32. The zero-order valence-corrected chi connectivity index (χ0v) is 7.56. The Morgan fingerprint density at radius 2 is 2.36 bits per heavy atom. The first-order chi connectivity index (χ1) is 6.65. The normalized spacial score (nSPS) is 9.43. The summed E-state index contributed by atoms with van der Waals surface area (Å²) in [4.78, 5) is 11.2. The van der Waals surface area contributed by atoms with Crippen LogP contribution < -0.4 is 5.73 Å². The maximum Gasteiger partial charge on any atom is 0.338 e. The quantitative estimate of drug-likeness (QED) is 0.328. The van der Waals surface area contributed by atoms with Crippen LogP contribution in [0.25, 0.3) is 0 Å². The van der Waals surface area contributed by atoms with Gasteiger partial charge in [-0.05, 0) is 18.2 Å². The largest absolute Gasteiger partial charge is 0.506 e. The SMILES string of the molecule is C=CCOC(=O)c1ccc(N)c(O)c1. The molecule has 0 radical (unpaired) electrons. The van der Waals surface area contributed by atoms with E-state index >= 15 is 0 Å². The average Bonchev–Trinajstić information content (AvgIpc) is 2.18. The van der Waals surface area contributed by atoms with Gasteiger partial charge in [-0.25, -0.2) is 4.79 Å². The first kappa shape index (κ1) is 10.1. The summed E-state index contributed by atoms with van der Waals surface area (Å²) in [7, 11) is 0. The number of aromatic hydroxyl groups is 1. The minimum absolute atomic E-state index is 0.127. The molecular weight excluding hydrogens is 182 g/mol. The topological polar surface area (TPSA) is 72.5 Å². The molecule has 0 amide bonds. The lowest BCUT2D eigenvalue weighted by Gasteiger charge is -2.03. The van der Waals surface area contributed by atoms with Crippen LogP contribution in [-0.2, 0) is 4.74 Å². The molecule has 0 aromatic heterocycles. The highest BCUT2D eigenvalue weighted by molar-refractivity contribution is 5.90. The van der Waals surface area contributed by atoms with Crippen LogP contribution in [0.5, 0.6) is 5.75 Å². The van der Waals surface area contributed by atoms with Crippen molar-refractivity contribution in [3.63, 3.8) is 0 Å². The third-order valence-electron chi connectivity index (χ3n) is 1.60. The summed E-state index contributed by atoms with van der Waals surface area (Å²) >= 11 is 0. The van der Waals surface area contributed by atoms with Crippen molar-refractivity contribution >= 4 is 11.7 Å². The van der Waals surface area contributed by atoms with Crippen molar-refractivity contribution in [1.29, 1.82) is 0 Å². The molecule has 4 heteroatoms. The highest BCUT2D eigenvalue weighted by Crippen LogP contribution is 2.20. The van der Waals surface area contributed by atoms with Crippen LogP contribution in [0.3, 0.4) is 0 Å². The molecular formula is C10H11NO3. The van der Waals surface area contributed by atoms with Crippen molar-refractivity contribution in [3.8, 4) is 5.75 Å². The second-order valence-electron chi connectivity index (χ2n) is 2.66. The molecule has 0 fully saturated rings. The van der Waals surface area contributed by atoms with E-state index in [9.17, 15) is 9.90 Å². The molecule has 0 saturated heterocycles. The highest BCUT2D eigenvalue weighted by Gasteiger charge is 2.08. The summed E-state index contributed by atoms with van der Waals surface area (Å²) in [5.74, 6) is -0.641. The van der Waals surface area contributed by atoms with Gasteiger partial charge in [0.25, 0.3) is 0 Å². The zero-order chi connectivity index (χ0) is 10.6. The van der Waals surface area contributed by atoms with Gasteiger partial charge in [-0.2, -0.15) is 0 Å². The monoisotopic (exact) mass is 193 g/mol. The Kier molecular flexibility index (Phi) is 3.12. The number of anilines is 1. The molecule has 4 nitrogen and oxygen atoms in total. The molecule has 14 heavy (non-hydrogen) atoms. The smallest absolute Gasteiger partial charge is 0.338 e. The Hall–Kier alpha value is -1.97. The fourth-order valence-electron chi connectivity index (χ4n) is 0.889. The lowest BCUT2D eigenvalue weighted by atomic mass is 10.2. The summed E-state index contributed by atoms with van der Waals surface area (Å²) < 4.78 is 4.76. The standard InChI is InChI=1S/C10H11NO3/c1-2-5-14-10(13)7-3-4-8(11)9(12)6-7/h2-4,6,12H,1,5,11H2. The first-order valence-electron chi connectivity index (χ1n) is 4.01. The van der Waals surface area contributed by atoms with Gasteiger partial charge in [0.15, 0.2) is 0 Å². The Bertz CT molecular complexity index is 360. The van der Waals surface area contributed by atoms with Gasteiger partial charge in [0.2, 0.25) is 0 Å². The third kappa shape index (κ3) is 2.26. The summed E-state index contributed by atoms with van der Waals surface area (Å²) in [6.45, 7) is 3.55. The summed E-state index contributed by atoms with van der Waals surface area (Å²) in [6, 6.07) is 4.20. The van der Waals surface area contributed by atoms with Gasteiger partial charge in [-0.3, -0.25) is 0 Å². The number of phenols is 1. The van der Waals surface area contributed by atoms with E-state index < -0.39 is 5.97 Å². The van der Waals surface area contributed by atoms with Crippen LogP contribution in [0.1, 0.15) is 10.4 Å². The molecule has 0 unspecified atom stereocenters. The third-order valence-corrected chi connectivity index (χ3v) is 1.60. The number of carbonyl (C=O) groups excluding carboxylic acids is 1. The first-order valence-corrected chi connectivity index (χ1v) is 4.01. The molecule has 0 saturated carbocycles. The highest BCUT2D eigenvalue weighted by atomic mass is 16.5. The van der Waals surface area contributed by atoms with E-state index in [2.05, 4.69) is 6.58 Å². The van der Waals surface area contributed by atoms with Crippen molar-refractivity contribution in [2.75, 3.05) is 12.3 Å². The molecule has 0 heterocycles. The number of phenolic OH excluding ortho intramolecular Hbond substituents is 1. The summed E-state index contributed by atoms with van der Waals surface area (Å²) in [6.07, 6.45) is 1.47. The van der Waals surface area contributed by atoms with Crippen molar-refractivity contribution in [1.82, 2.24) is 0 Å². The number of hydrogen-bond acceptors (Lipinski definition) is 4. The van der Waals surface area contributed by atoms with Crippen molar-refractivity contribution < 1.29 is 14.6 Å². The van der Waals surface area contributed by atoms with E-state index in [0.717, 1.165) is 0 Å². The Labute approximate surface area is 81.6 Å². The average molecular weight is 193 g/mol. The summed E-state index contributed by atoms with van der Waals surface area (Å²) in [5, 5.41) is 9.22. The van der Waals surface area contributed by atoms with Crippen molar-refractivity contribution in [2.24, 2.45) is 0 Å². The molecule has 0 bridgehead atoms. The van der Waals surface area contributed by atoms with Crippen molar-refractivity contribution in [2.45, 2.75) is 0 Å². The molecule has 0 aliphatic rings. The molecule has 0 aliphatic heterocycles. The van der Waals surface area contributed by atoms with E-state index in [1.54, 1.807) is 0 Å². The molecule has 3 N–H and O–H groups in total. The molecule has 1 aromatic rings. The second-order valence-corrected chi connectivity index (χ2v) is 2.66. The maximum atomic E-state index is 11.2. The van der Waals surface area contributed by atoms with Crippen LogP contribution in [0, 0.1) is 0 Å². The van der Waals surface area contributed by atoms with Gasteiger partial charge in [-0.15, -0.1) is 0 Å². The number of carbonyl (C=O) groups is 1. The van der Waals surface area contributed by atoms with Gasteiger partial charge in [-0.1, -0.05) is 12.7 Å². The number of nitrogen functional groups attached to an aromatic ring is 1. The minimum atomic E-state index is -0.514.